The Labute approximate surface area is 104 Å². The molecule has 0 aliphatic heterocycles. The van der Waals surface area contributed by atoms with Gasteiger partial charge in [0.25, 0.3) is 0 Å². The largest absolute Gasteiger partial charge is 0.461 e. The second-order valence-corrected chi connectivity index (χ2v) is 3.91. The smallest absolute Gasteiger partial charge is 0.354 e. The van der Waals surface area contributed by atoms with E-state index in [1.165, 1.54) is 0 Å². The summed E-state index contributed by atoms with van der Waals surface area (Å²) in [5, 5.41) is 0.663. The van der Waals surface area contributed by atoms with E-state index in [0.29, 0.717) is 23.3 Å². The Kier molecular flexibility index (Phi) is 3.06. The number of carbonyl (C=O) groups excluding carboxylic acids is 2. The van der Waals surface area contributed by atoms with Gasteiger partial charge >= 0.3 is 5.97 Å². The van der Waals surface area contributed by atoms with Crippen LogP contribution in [0.25, 0.3) is 10.9 Å². The number of carbonyl (C=O) groups is 2. The van der Waals surface area contributed by atoms with E-state index in [2.05, 4.69) is 0 Å². The molecule has 0 bridgehead atoms. The number of aryl methyl sites for hydroxylation is 1. The van der Waals surface area contributed by atoms with Crippen LogP contribution in [-0.2, 0) is 11.8 Å². The lowest BCUT2D eigenvalue weighted by Gasteiger charge is -2.03. The molecule has 2 rings (SSSR count). The summed E-state index contributed by atoms with van der Waals surface area (Å²) >= 11 is 0. The molecular formula is C13H14N2O3. The SMILES string of the molecule is CCOC(=O)c1cc2c(C(N)=O)cccc2n1C. The highest BCUT2D eigenvalue weighted by molar-refractivity contribution is 6.08. The number of ether oxygens (including phenoxy) is 1. The summed E-state index contributed by atoms with van der Waals surface area (Å²) in [7, 11) is 1.75. The van der Waals surface area contributed by atoms with Crippen molar-refractivity contribution in [1.29, 1.82) is 0 Å². The average molecular weight is 246 g/mol. The maximum absolute atomic E-state index is 11.8. The molecule has 0 saturated heterocycles. The molecule has 0 spiro atoms. The van der Waals surface area contributed by atoms with Crippen LogP contribution in [0, 0.1) is 0 Å². The van der Waals surface area contributed by atoms with Crippen LogP contribution in [0.4, 0.5) is 0 Å². The van der Waals surface area contributed by atoms with Gasteiger partial charge in [-0.3, -0.25) is 4.79 Å². The Morgan fingerprint density at radius 2 is 2.11 bits per heavy atom. The lowest BCUT2D eigenvalue weighted by molar-refractivity contribution is 0.0515. The molecule has 18 heavy (non-hydrogen) atoms. The van der Waals surface area contributed by atoms with Crippen molar-refractivity contribution in [2.24, 2.45) is 12.8 Å². The second kappa shape index (κ2) is 4.52. The molecule has 94 valence electrons. The first-order chi connectivity index (χ1) is 8.56. The maximum atomic E-state index is 11.8. The van der Waals surface area contributed by atoms with Crippen LogP contribution in [-0.4, -0.2) is 23.1 Å². The fraction of sp³-hybridized carbons (Fsp3) is 0.231. The van der Waals surface area contributed by atoms with Crippen molar-refractivity contribution in [3.63, 3.8) is 0 Å². The Morgan fingerprint density at radius 1 is 1.39 bits per heavy atom. The van der Waals surface area contributed by atoms with E-state index in [0.717, 1.165) is 5.52 Å². The van der Waals surface area contributed by atoms with Crippen molar-refractivity contribution >= 4 is 22.8 Å². The highest BCUT2D eigenvalue weighted by atomic mass is 16.5. The number of esters is 1. The van der Waals surface area contributed by atoms with E-state index in [9.17, 15) is 9.59 Å². The molecule has 0 aliphatic rings. The molecule has 5 nitrogen and oxygen atoms in total. The normalized spacial score (nSPS) is 10.6. The highest BCUT2D eigenvalue weighted by Crippen LogP contribution is 2.23. The predicted octanol–water partition coefficient (Wildman–Crippen LogP) is 1.45. The number of primary amides is 1. The Balaban J connectivity index is 2.66. The number of nitrogens with two attached hydrogens (primary N) is 1. The summed E-state index contributed by atoms with van der Waals surface area (Å²) in [5.41, 5.74) is 6.89. The van der Waals surface area contributed by atoms with Crippen LogP contribution in [0.3, 0.4) is 0 Å². The van der Waals surface area contributed by atoms with Crippen molar-refractivity contribution in [3.8, 4) is 0 Å². The summed E-state index contributed by atoms with van der Waals surface area (Å²) < 4.78 is 6.66. The summed E-state index contributed by atoms with van der Waals surface area (Å²) in [5.74, 6) is -0.923. The van der Waals surface area contributed by atoms with E-state index in [1.54, 1.807) is 36.7 Å². The van der Waals surface area contributed by atoms with Crippen molar-refractivity contribution in [2.75, 3.05) is 6.61 Å². The molecule has 0 radical (unpaired) electrons. The monoisotopic (exact) mass is 246 g/mol. The molecule has 0 aliphatic carbocycles. The Hall–Kier alpha value is -2.30. The van der Waals surface area contributed by atoms with Gasteiger partial charge in [-0.1, -0.05) is 6.07 Å². The quantitative estimate of drug-likeness (QED) is 0.833. The third kappa shape index (κ3) is 1.84. The van der Waals surface area contributed by atoms with Crippen LogP contribution in [0.15, 0.2) is 24.3 Å². The lowest BCUT2D eigenvalue weighted by Crippen LogP contribution is -2.10. The second-order valence-electron chi connectivity index (χ2n) is 3.91. The minimum atomic E-state index is -0.512. The van der Waals surface area contributed by atoms with Gasteiger partial charge in [-0.15, -0.1) is 0 Å². The zero-order valence-corrected chi connectivity index (χ0v) is 10.3. The van der Waals surface area contributed by atoms with Crippen LogP contribution < -0.4 is 5.73 Å². The van der Waals surface area contributed by atoms with Crippen molar-refractivity contribution in [1.82, 2.24) is 4.57 Å². The maximum Gasteiger partial charge on any atom is 0.354 e. The number of rotatable bonds is 3. The van der Waals surface area contributed by atoms with Gasteiger partial charge in [0, 0.05) is 23.5 Å². The fourth-order valence-corrected chi connectivity index (χ4v) is 1.98. The van der Waals surface area contributed by atoms with Gasteiger partial charge in [-0.05, 0) is 25.1 Å². The van der Waals surface area contributed by atoms with Crippen LogP contribution in [0.1, 0.15) is 27.8 Å². The third-order valence-corrected chi connectivity index (χ3v) is 2.84. The van der Waals surface area contributed by atoms with Gasteiger partial charge in [0.1, 0.15) is 5.69 Å². The van der Waals surface area contributed by atoms with Gasteiger partial charge in [-0.25, -0.2) is 4.79 Å². The molecule has 0 fully saturated rings. The summed E-state index contributed by atoms with van der Waals surface area (Å²) in [6, 6.07) is 6.83. The minimum absolute atomic E-state index is 0.309. The minimum Gasteiger partial charge on any atom is -0.461 e. The first-order valence-electron chi connectivity index (χ1n) is 5.61. The third-order valence-electron chi connectivity index (χ3n) is 2.84. The van der Waals surface area contributed by atoms with Gasteiger partial charge in [0.15, 0.2) is 0 Å². The molecule has 0 saturated carbocycles. The molecule has 1 amide bonds. The molecular weight excluding hydrogens is 232 g/mol. The number of fused-ring (bicyclic) bond motifs is 1. The van der Waals surface area contributed by atoms with Gasteiger partial charge < -0.3 is 15.0 Å². The molecule has 2 N–H and O–H groups in total. The zero-order chi connectivity index (χ0) is 13.3. The number of hydrogen-bond acceptors (Lipinski definition) is 3. The lowest BCUT2D eigenvalue weighted by atomic mass is 10.1. The summed E-state index contributed by atoms with van der Waals surface area (Å²) in [4.78, 5) is 23.1. The van der Waals surface area contributed by atoms with Crippen molar-refractivity contribution < 1.29 is 14.3 Å². The zero-order valence-electron chi connectivity index (χ0n) is 10.3. The Bertz CT molecular complexity index is 628. The van der Waals surface area contributed by atoms with Crippen molar-refractivity contribution in [3.05, 3.63) is 35.5 Å². The van der Waals surface area contributed by atoms with E-state index in [1.807, 2.05) is 6.07 Å². The van der Waals surface area contributed by atoms with Crippen LogP contribution in [0.5, 0.6) is 0 Å². The van der Waals surface area contributed by atoms with E-state index in [-0.39, 0.29) is 0 Å². The molecule has 1 heterocycles. The summed E-state index contributed by atoms with van der Waals surface area (Å²) in [6.07, 6.45) is 0. The van der Waals surface area contributed by atoms with Crippen LogP contribution >= 0.6 is 0 Å². The van der Waals surface area contributed by atoms with Gasteiger partial charge in [0.05, 0.1) is 6.61 Å². The number of amides is 1. The fourth-order valence-electron chi connectivity index (χ4n) is 1.98. The highest BCUT2D eigenvalue weighted by Gasteiger charge is 2.17. The standard InChI is InChI=1S/C13H14N2O3/c1-3-18-13(17)11-7-9-8(12(14)16)5-4-6-10(9)15(11)2/h4-7H,3H2,1-2H3,(H2,14,16). The van der Waals surface area contributed by atoms with E-state index >= 15 is 0 Å². The van der Waals surface area contributed by atoms with Gasteiger partial charge in [-0.2, -0.15) is 0 Å². The first kappa shape index (κ1) is 12.2. The number of hydrogen-bond donors (Lipinski definition) is 1. The van der Waals surface area contributed by atoms with Gasteiger partial charge in [0.2, 0.25) is 5.91 Å². The number of aromatic nitrogens is 1. The van der Waals surface area contributed by atoms with E-state index < -0.39 is 11.9 Å². The molecule has 1 aromatic heterocycles. The molecule has 1 aromatic carbocycles. The Morgan fingerprint density at radius 3 is 2.72 bits per heavy atom. The number of nitrogens with zero attached hydrogens (tertiary/aromatic N) is 1. The first-order valence-corrected chi connectivity index (χ1v) is 5.61. The molecule has 0 unspecified atom stereocenters. The van der Waals surface area contributed by atoms with E-state index in [4.69, 9.17) is 10.5 Å². The van der Waals surface area contributed by atoms with Crippen LogP contribution in [0.2, 0.25) is 0 Å². The summed E-state index contributed by atoms with van der Waals surface area (Å²) in [6.45, 7) is 2.05. The average Bonchev–Trinajstić information content (AvgIpc) is 2.67. The molecule has 0 atom stereocenters. The predicted molar refractivity (Wildman–Crippen MR) is 67.4 cm³/mol. The topological polar surface area (TPSA) is 74.3 Å². The molecule has 5 heteroatoms. The molecule has 2 aromatic rings. The number of benzene rings is 1. The van der Waals surface area contributed by atoms with Crippen molar-refractivity contribution in [2.45, 2.75) is 6.92 Å².